The summed E-state index contributed by atoms with van der Waals surface area (Å²) in [4.78, 5) is 14.0. The SMILES string of the molecule is COc1ccc(N2C(C3=NCC4CCCN34)=Nc3occc3C2N)cc1. The predicted octanol–water partition coefficient (Wildman–Crippen LogP) is 2.67. The number of hydrogen-bond acceptors (Lipinski definition) is 7. The number of benzene rings is 1. The summed E-state index contributed by atoms with van der Waals surface area (Å²) in [5.74, 6) is 3.05. The summed E-state index contributed by atoms with van der Waals surface area (Å²) in [6.07, 6.45) is 3.63. The highest BCUT2D eigenvalue weighted by Crippen LogP contribution is 2.38. The Balaban J connectivity index is 1.60. The van der Waals surface area contributed by atoms with Crippen molar-refractivity contribution < 1.29 is 9.15 Å². The number of anilines is 1. The average Bonchev–Trinajstić information content (AvgIpc) is 3.38. The molecule has 0 radical (unpaired) electrons. The summed E-state index contributed by atoms with van der Waals surface area (Å²) in [5.41, 5.74) is 8.44. The number of fused-ring (bicyclic) bond motifs is 2. The number of methoxy groups -OCH3 is 1. The number of furan rings is 1. The second kappa shape index (κ2) is 5.88. The van der Waals surface area contributed by atoms with Gasteiger partial charge in [0, 0.05) is 12.2 Å². The van der Waals surface area contributed by atoms with Crippen molar-refractivity contribution in [1.29, 1.82) is 0 Å². The van der Waals surface area contributed by atoms with E-state index in [1.54, 1.807) is 13.4 Å². The van der Waals surface area contributed by atoms with E-state index in [2.05, 4.69) is 4.90 Å². The third kappa shape index (κ3) is 2.24. The lowest BCUT2D eigenvalue weighted by atomic mass is 10.1. The van der Waals surface area contributed by atoms with Gasteiger partial charge < -0.3 is 24.7 Å². The van der Waals surface area contributed by atoms with E-state index in [4.69, 9.17) is 24.9 Å². The lowest BCUT2D eigenvalue weighted by Gasteiger charge is -2.36. The molecule has 134 valence electrons. The summed E-state index contributed by atoms with van der Waals surface area (Å²) in [6.45, 7) is 1.84. The number of hydrogen-bond donors (Lipinski definition) is 1. The number of amidine groups is 2. The Morgan fingerprint density at radius 2 is 2.04 bits per heavy atom. The lowest BCUT2D eigenvalue weighted by molar-refractivity contribution is 0.415. The molecule has 3 aliphatic rings. The number of rotatable bonds is 3. The Kier molecular flexibility index (Phi) is 3.49. The highest BCUT2D eigenvalue weighted by molar-refractivity contribution is 6.46. The topological polar surface area (TPSA) is 79.6 Å². The molecule has 7 heteroatoms. The van der Waals surface area contributed by atoms with E-state index in [9.17, 15) is 0 Å². The van der Waals surface area contributed by atoms with Gasteiger partial charge in [-0.15, -0.1) is 0 Å². The summed E-state index contributed by atoms with van der Waals surface area (Å²) >= 11 is 0. The average molecular weight is 351 g/mol. The van der Waals surface area contributed by atoms with Crippen LogP contribution in [0, 0.1) is 0 Å². The van der Waals surface area contributed by atoms with Gasteiger partial charge in [0.25, 0.3) is 0 Å². The molecule has 0 saturated carbocycles. The molecule has 1 saturated heterocycles. The van der Waals surface area contributed by atoms with Crippen LogP contribution in [0.4, 0.5) is 11.6 Å². The monoisotopic (exact) mass is 351 g/mol. The molecule has 3 aliphatic heterocycles. The largest absolute Gasteiger partial charge is 0.497 e. The molecule has 7 nitrogen and oxygen atoms in total. The van der Waals surface area contributed by atoms with Crippen LogP contribution in [0.25, 0.3) is 0 Å². The van der Waals surface area contributed by atoms with Crippen molar-refractivity contribution in [3.05, 3.63) is 42.2 Å². The van der Waals surface area contributed by atoms with Crippen LogP contribution in [0.15, 0.2) is 51.0 Å². The minimum atomic E-state index is -0.381. The van der Waals surface area contributed by atoms with Crippen molar-refractivity contribution in [1.82, 2.24) is 4.90 Å². The van der Waals surface area contributed by atoms with Crippen LogP contribution in [0.3, 0.4) is 0 Å². The lowest BCUT2D eigenvalue weighted by Crippen LogP contribution is -2.49. The van der Waals surface area contributed by atoms with Gasteiger partial charge in [-0.25, -0.2) is 0 Å². The number of aliphatic imine (C=N–C) groups is 2. The van der Waals surface area contributed by atoms with Gasteiger partial charge in [0.15, 0.2) is 11.7 Å². The number of nitrogens with two attached hydrogens (primary N) is 1. The second-order valence-electron chi connectivity index (χ2n) is 6.78. The molecule has 0 aliphatic carbocycles. The first-order valence-electron chi connectivity index (χ1n) is 8.92. The maximum absolute atomic E-state index is 6.61. The van der Waals surface area contributed by atoms with Crippen LogP contribution < -0.4 is 15.4 Å². The van der Waals surface area contributed by atoms with Crippen LogP contribution in [0.1, 0.15) is 24.6 Å². The normalized spacial score (nSPS) is 24.2. The summed E-state index contributed by atoms with van der Waals surface area (Å²) in [7, 11) is 1.66. The molecule has 26 heavy (non-hydrogen) atoms. The number of ether oxygens (including phenoxy) is 1. The molecule has 1 aromatic heterocycles. The van der Waals surface area contributed by atoms with Crippen molar-refractivity contribution in [2.75, 3.05) is 25.1 Å². The van der Waals surface area contributed by atoms with Gasteiger partial charge in [0.1, 0.15) is 11.9 Å². The van der Waals surface area contributed by atoms with Crippen molar-refractivity contribution in [2.45, 2.75) is 25.0 Å². The van der Waals surface area contributed by atoms with Crippen LogP contribution in [-0.2, 0) is 0 Å². The Morgan fingerprint density at radius 1 is 1.19 bits per heavy atom. The molecule has 2 N–H and O–H groups in total. The zero-order valence-corrected chi connectivity index (χ0v) is 14.6. The van der Waals surface area contributed by atoms with E-state index in [1.807, 2.05) is 35.2 Å². The van der Waals surface area contributed by atoms with Crippen LogP contribution in [-0.4, -0.2) is 42.8 Å². The fourth-order valence-electron chi connectivity index (χ4n) is 4.02. The molecule has 0 amide bonds. The standard InChI is InChI=1S/C19H21N5O2/c1-25-14-6-4-12(5-7-14)24-16(20)15-8-10-26-19(15)22-18(24)17-21-11-13-3-2-9-23(13)17/h4-8,10,13,16H,2-3,9,11,20H2,1H3. The molecule has 2 unspecified atom stereocenters. The van der Waals surface area contributed by atoms with Gasteiger partial charge in [-0.05, 0) is 43.2 Å². The fraction of sp³-hybridized carbons (Fsp3) is 0.368. The second-order valence-corrected chi connectivity index (χ2v) is 6.78. The first-order chi connectivity index (χ1) is 12.8. The Bertz CT molecular complexity index is 886. The molecule has 1 aromatic carbocycles. The third-order valence-corrected chi connectivity index (χ3v) is 5.36. The van der Waals surface area contributed by atoms with E-state index in [1.165, 1.54) is 12.8 Å². The Morgan fingerprint density at radius 3 is 2.85 bits per heavy atom. The zero-order valence-electron chi connectivity index (χ0n) is 14.6. The molecule has 1 fully saturated rings. The minimum absolute atomic E-state index is 0.381. The van der Waals surface area contributed by atoms with Crippen molar-refractivity contribution in [3.63, 3.8) is 0 Å². The third-order valence-electron chi connectivity index (χ3n) is 5.36. The van der Waals surface area contributed by atoms with Gasteiger partial charge >= 0.3 is 0 Å². The van der Waals surface area contributed by atoms with Gasteiger partial charge in [-0.1, -0.05) is 0 Å². The first-order valence-corrected chi connectivity index (χ1v) is 8.92. The van der Waals surface area contributed by atoms with E-state index >= 15 is 0 Å². The van der Waals surface area contributed by atoms with Crippen molar-refractivity contribution in [3.8, 4) is 5.75 Å². The Hall–Kier alpha value is -2.80. The van der Waals surface area contributed by atoms with Gasteiger partial charge in [0.05, 0.1) is 31.5 Å². The zero-order chi connectivity index (χ0) is 17.7. The molecule has 0 bridgehead atoms. The molecule has 2 aromatic rings. The number of nitrogens with zero attached hydrogens (tertiary/aromatic N) is 4. The molecule has 5 rings (SSSR count). The highest BCUT2D eigenvalue weighted by Gasteiger charge is 2.40. The smallest absolute Gasteiger partial charge is 0.227 e. The maximum Gasteiger partial charge on any atom is 0.227 e. The van der Waals surface area contributed by atoms with E-state index in [0.717, 1.165) is 41.8 Å². The molecule has 4 heterocycles. The van der Waals surface area contributed by atoms with E-state index in [0.29, 0.717) is 11.9 Å². The maximum atomic E-state index is 6.61. The summed E-state index contributed by atoms with van der Waals surface area (Å²) in [6, 6.07) is 10.2. The van der Waals surface area contributed by atoms with Gasteiger partial charge in [-0.3, -0.25) is 4.99 Å². The van der Waals surface area contributed by atoms with Crippen LogP contribution in [0.2, 0.25) is 0 Å². The molecule has 0 spiro atoms. The van der Waals surface area contributed by atoms with E-state index in [-0.39, 0.29) is 6.17 Å². The molecular formula is C19H21N5O2. The fourth-order valence-corrected chi connectivity index (χ4v) is 4.02. The predicted molar refractivity (Wildman–Crippen MR) is 100 cm³/mol. The highest BCUT2D eigenvalue weighted by atomic mass is 16.5. The van der Waals surface area contributed by atoms with Crippen LogP contribution in [0.5, 0.6) is 5.75 Å². The Labute approximate surface area is 151 Å². The van der Waals surface area contributed by atoms with Gasteiger partial charge in [0.2, 0.25) is 5.88 Å². The summed E-state index contributed by atoms with van der Waals surface area (Å²) in [5, 5.41) is 0. The van der Waals surface area contributed by atoms with Crippen LogP contribution >= 0.6 is 0 Å². The minimum Gasteiger partial charge on any atom is -0.497 e. The van der Waals surface area contributed by atoms with E-state index < -0.39 is 0 Å². The first kappa shape index (κ1) is 15.5. The van der Waals surface area contributed by atoms with Gasteiger partial charge in [-0.2, -0.15) is 4.99 Å². The van der Waals surface area contributed by atoms with Crippen molar-refractivity contribution >= 4 is 23.2 Å². The molecule has 2 atom stereocenters. The summed E-state index contributed by atoms with van der Waals surface area (Å²) < 4.78 is 10.8. The molecular weight excluding hydrogens is 330 g/mol. The quantitative estimate of drug-likeness (QED) is 0.920. The van der Waals surface area contributed by atoms with Crippen molar-refractivity contribution in [2.24, 2.45) is 15.7 Å².